The summed E-state index contributed by atoms with van der Waals surface area (Å²) in [7, 11) is 0. The van der Waals surface area contributed by atoms with E-state index >= 15 is 0 Å². The van der Waals surface area contributed by atoms with Gasteiger partial charge in [-0.1, -0.05) is 6.42 Å². The zero-order chi connectivity index (χ0) is 16.2. The third kappa shape index (κ3) is 4.73. The van der Waals surface area contributed by atoms with Crippen molar-refractivity contribution in [2.24, 2.45) is 0 Å². The molecule has 0 saturated carbocycles. The molecule has 1 amide bonds. The molecule has 0 aromatic carbocycles. The van der Waals surface area contributed by atoms with Gasteiger partial charge in [0.1, 0.15) is 0 Å². The molecule has 3 unspecified atom stereocenters. The van der Waals surface area contributed by atoms with Crippen LogP contribution < -0.4 is 10.6 Å². The average Bonchev–Trinajstić information content (AvgIpc) is 2.94. The van der Waals surface area contributed by atoms with Crippen molar-refractivity contribution in [1.29, 1.82) is 0 Å². The van der Waals surface area contributed by atoms with E-state index in [1.54, 1.807) is 0 Å². The summed E-state index contributed by atoms with van der Waals surface area (Å²) in [4.78, 5) is 19.1. The molecular weight excluding hydrogens is 312 g/mol. The fraction of sp³-hybridized carbons (Fsp3) is 0.750. The maximum absolute atomic E-state index is 12.2. The van der Waals surface area contributed by atoms with Gasteiger partial charge < -0.3 is 15.4 Å². The van der Waals surface area contributed by atoms with Gasteiger partial charge in [-0.15, -0.1) is 11.3 Å². The molecule has 1 aromatic heterocycles. The highest BCUT2D eigenvalue weighted by atomic mass is 32.1. The van der Waals surface area contributed by atoms with Gasteiger partial charge in [0.25, 0.3) is 0 Å². The van der Waals surface area contributed by atoms with Crippen LogP contribution in [0, 0.1) is 0 Å². The lowest BCUT2D eigenvalue weighted by atomic mass is 10.0. The molecule has 6 nitrogen and oxygen atoms in total. The molecule has 0 aliphatic carbocycles. The number of nitrogens with one attached hydrogen (secondary N) is 2. The van der Waals surface area contributed by atoms with Crippen LogP contribution in [0.1, 0.15) is 38.8 Å². The molecule has 0 spiro atoms. The van der Waals surface area contributed by atoms with E-state index in [2.05, 4.69) is 34.4 Å². The molecule has 23 heavy (non-hydrogen) atoms. The average molecular weight is 338 g/mol. The fourth-order valence-corrected chi connectivity index (χ4v) is 4.05. The van der Waals surface area contributed by atoms with Gasteiger partial charge in [0.05, 0.1) is 23.9 Å². The van der Waals surface area contributed by atoms with Crippen LogP contribution in [0.3, 0.4) is 0 Å². The Morgan fingerprint density at radius 3 is 2.91 bits per heavy atom. The summed E-state index contributed by atoms with van der Waals surface area (Å²) in [6.07, 6.45) is 3.69. The number of thiazole rings is 1. The molecule has 1 aromatic rings. The van der Waals surface area contributed by atoms with Crippen molar-refractivity contribution < 1.29 is 9.53 Å². The van der Waals surface area contributed by atoms with Gasteiger partial charge >= 0.3 is 0 Å². The lowest BCUT2D eigenvalue weighted by molar-refractivity contribution is -0.118. The Kier molecular flexibility index (Phi) is 5.63. The number of nitrogens with zero attached hydrogens (tertiary/aromatic N) is 2. The van der Waals surface area contributed by atoms with Gasteiger partial charge in [-0.25, -0.2) is 4.98 Å². The lowest BCUT2D eigenvalue weighted by Crippen LogP contribution is -2.44. The van der Waals surface area contributed by atoms with Crippen molar-refractivity contribution in [3.8, 4) is 0 Å². The third-order valence-electron chi connectivity index (χ3n) is 4.29. The van der Waals surface area contributed by atoms with Crippen molar-refractivity contribution >= 4 is 22.4 Å². The van der Waals surface area contributed by atoms with Gasteiger partial charge in [-0.05, 0) is 33.2 Å². The van der Waals surface area contributed by atoms with Crippen LogP contribution in [0.4, 0.5) is 5.13 Å². The summed E-state index contributed by atoms with van der Waals surface area (Å²) in [6.45, 7) is 7.80. The number of morpholine rings is 1. The highest BCUT2D eigenvalue weighted by Crippen LogP contribution is 2.20. The normalized spacial score (nSPS) is 29.4. The molecular formula is C16H26N4O2S. The zero-order valence-corrected chi connectivity index (χ0v) is 14.7. The summed E-state index contributed by atoms with van der Waals surface area (Å²) in [5.74, 6) is 0.0409. The molecule has 2 saturated heterocycles. The van der Waals surface area contributed by atoms with Crippen molar-refractivity contribution in [2.45, 2.75) is 57.9 Å². The number of anilines is 1. The Balaban J connectivity index is 1.52. The molecule has 2 N–H and O–H groups in total. The second-order valence-corrected chi connectivity index (χ2v) is 7.45. The Hall–Kier alpha value is -1.02. The first-order valence-corrected chi connectivity index (χ1v) is 9.34. The number of rotatable bonds is 4. The molecule has 0 radical (unpaired) electrons. The number of ether oxygens (including phenoxy) is 1. The SMILES string of the molecule is CC1CN(Cc2csc(NC(=O)C3CCCCN3)n2)CC(C)O1. The molecule has 2 aliphatic rings. The molecule has 2 fully saturated rings. The van der Waals surface area contributed by atoms with E-state index < -0.39 is 0 Å². The standard InChI is InChI=1S/C16H26N4O2S/c1-11-7-20(8-12(2)22-11)9-13-10-23-16(18-13)19-15(21)14-5-3-4-6-17-14/h10-12,14,17H,3-9H2,1-2H3,(H,18,19,21). The number of aromatic nitrogens is 1. The van der Waals surface area contributed by atoms with Crippen molar-refractivity contribution in [3.63, 3.8) is 0 Å². The van der Waals surface area contributed by atoms with Crippen LogP contribution in [0.5, 0.6) is 0 Å². The molecule has 0 bridgehead atoms. The first-order valence-electron chi connectivity index (χ1n) is 8.46. The molecule has 3 heterocycles. The third-order valence-corrected chi connectivity index (χ3v) is 5.10. The molecule has 2 aliphatic heterocycles. The first kappa shape index (κ1) is 16.8. The number of piperidine rings is 1. The maximum Gasteiger partial charge on any atom is 0.243 e. The second-order valence-electron chi connectivity index (χ2n) is 6.59. The predicted octanol–water partition coefficient (Wildman–Crippen LogP) is 1.83. The minimum atomic E-state index is -0.0722. The van der Waals surface area contributed by atoms with E-state index in [1.807, 2.05) is 5.38 Å². The van der Waals surface area contributed by atoms with E-state index in [9.17, 15) is 4.79 Å². The van der Waals surface area contributed by atoms with E-state index in [1.165, 1.54) is 11.3 Å². The fourth-order valence-electron chi connectivity index (χ4n) is 3.35. The first-order chi connectivity index (χ1) is 11.1. The van der Waals surface area contributed by atoms with Gasteiger partial charge in [0, 0.05) is 25.0 Å². The number of carbonyl (C=O) groups is 1. The van der Waals surface area contributed by atoms with Crippen LogP contribution in [0.2, 0.25) is 0 Å². The summed E-state index contributed by atoms with van der Waals surface area (Å²) in [5.41, 5.74) is 1.02. The highest BCUT2D eigenvalue weighted by molar-refractivity contribution is 7.13. The number of carbonyl (C=O) groups excluding carboxylic acids is 1. The predicted molar refractivity (Wildman–Crippen MR) is 91.7 cm³/mol. The molecule has 3 atom stereocenters. The van der Waals surface area contributed by atoms with Crippen molar-refractivity contribution in [2.75, 3.05) is 25.0 Å². The minimum absolute atomic E-state index is 0.0409. The summed E-state index contributed by atoms with van der Waals surface area (Å²) in [6, 6.07) is -0.0722. The zero-order valence-electron chi connectivity index (χ0n) is 13.9. The van der Waals surface area contributed by atoms with E-state index in [4.69, 9.17) is 4.74 Å². The van der Waals surface area contributed by atoms with Gasteiger partial charge in [0.15, 0.2) is 5.13 Å². The summed E-state index contributed by atoms with van der Waals surface area (Å²) in [5, 5.41) is 8.95. The van der Waals surface area contributed by atoms with Crippen LogP contribution in [0.15, 0.2) is 5.38 Å². The topological polar surface area (TPSA) is 66.5 Å². The Bertz CT molecular complexity index is 520. The monoisotopic (exact) mass is 338 g/mol. The van der Waals surface area contributed by atoms with Gasteiger partial charge in [-0.2, -0.15) is 0 Å². The second kappa shape index (κ2) is 7.70. The van der Waals surface area contributed by atoms with Gasteiger partial charge in [-0.3, -0.25) is 9.69 Å². The maximum atomic E-state index is 12.2. The van der Waals surface area contributed by atoms with Crippen LogP contribution in [-0.4, -0.2) is 53.7 Å². The largest absolute Gasteiger partial charge is 0.373 e. The quantitative estimate of drug-likeness (QED) is 0.877. The van der Waals surface area contributed by atoms with Crippen molar-refractivity contribution in [1.82, 2.24) is 15.2 Å². The Morgan fingerprint density at radius 1 is 1.43 bits per heavy atom. The number of hydrogen-bond donors (Lipinski definition) is 2. The van der Waals surface area contributed by atoms with E-state index in [0.717, 1.165) is 51.1 Å². The van der Waals surface area contributed by atoms with Gasteiger partial charge in [0.2, 0.25) is 5.91 Å². The van der Waals surface area contributed by atoms with Crippen molar-refractivity contribution in [3.05, 3.63) is 11.1 Å². The minimum Gasteiger partial charge on any atom is -0.373 e. The smallest absolute Gasteiger partial charge is 0.243 e. The van der Waals surface area contributed by atoms with Crippen LogP contribution in [0.25, 0.3) is 0 Å². The molecule has 3 rings (SSSR count). The van der Waals surface area contributed by atoms with Crippen LogP contribution in [-0.2, 0) is 16.1 Å². The highest BCUT2D eigenvalue weighted by Gasteiger charge is 2.24. The molecule has 7 heteroatoms. The summed E-state index contributed by atoms with van der Waals surface area (Å²) >= 11 is 1.50. The number of hydrogen-bond acceptors (Lipinski definition) is 6. The summed E-state index contributed by atoms with van der Waals surface area (Å²) < 4.78 is 5.76. The Morgan fingerprint density at radius 2 is 2.22 bits per heavy atom. The number of amides is 1. The van der Waals surface area contributed by atoms with Crippen LogP contribution >= 0.6 is 11.3 Å². The van der Waals surface area contributed by atoms with E-state index in [-0.39, 0.29) is 24.2 Å². The van der Waals surface area contributed by atoms with E-state index in [0.29, 0.717) is 5.13 Å². The Labute approximate surface area is 141 Å². The molecule has 128 valence electrons. The lowest BCUT2D eigenvalue weighted by Gasteiger charge is -2.34.